The molecule has 28 heavy (non-hydrogen) atoms. The second-order valence-corrected chi connectivity index (χ2v) is 7.91. The zero-order valence-electron chi connectivity index (χ0n) is 16.2. The number of nitrogens with one attached hydrogen (secondary N) is 2. The molecule has 4 N–H and O–H groups in total. The molecule has 2 aromatic rings. The number of nitrogen functional groups attached to an aromatic ring is 1. The Balaban J connectivity index is 1.56. The third-order valence-corrected chi connectivity index (χ3v) is 5.60. The standard InChI is InChI=1S/C21H27N5O2/c1-13-7-8-14(20(27)24-16-9-10-16)11-18(13)26-19(22)17(12-23-26)21(28)25-15-5-3-2-4-6-15/h7-8,11-12,15-16H,2-6,9-10,22H2,1H3,(H,24,27)(H,25,28). The van der Waals surface area contributed by atoms with Gasteiger partial charge >= 0.3 is 0 Å². The third kappa shape index (κ3) is 3.88. The lowest BCUT2D eigenvalue weighted by molar-refractivity contribution is 0.0925. The average Bonchev–Trinajstić information content (AvgIpc) is 3.42. The van der Waals surface area contributed by atoms with Crippen LogP contribution >= 0.6 is 0 Å². The lowest BCUT2D eigenvalue weighted by Gasteiger charge is -2.22. The van der Waals surface area contributed by atoms with Crippen LogP contribution < -0.4 is 16.4 Å². The lowest BCUT2D eigenvalue weighted by Crippen LogP contribution is -2.36. The van der Waals surface area contributed by atoms with Crippen molar-refractivity contribution in [2.45, 2.75) is 64.0 Å². The van der Waals surface area contributed by atoms with Gasteiger partial charge in [-0.3, -0.25) is 9.59 Å². The molecule has 7 nitrogen and oxygen atoms in total. The van der Waals surface area contributed by atoms with Gasteiger partial charge < -0.3 is 16.4 Å². The molecule has 0 bridgehead atoms. The van der Waals surface area contributed by atoms with Crippen molar-refractivity contribution < 1.29 is 9.59 Å². The van der Waals surface area contributed by atoms with E-state index in [0.717, 1.165) is 44.1 Å². The van der Waals surface area contributed by atoms with Crippen LogP contribution in [0.2, 0.25) is 0 Å². The minimum Gasteiger partial charge on any atom is -0.383 e. The number of amides is 2. The first kappa shape index (κ1) is 18.5. The van der Waals surface area contributed by atoms with Crippen molar-refractivity contribution in [1.29, 1.82) is 0 Å². The van der Waals surface area contributed by atoms with Gasteiger partial charge in [-0.15, -0.1) is 0 Å². The number of carbonyl (C=O) groups excluding carboxylic acids is 2. The number of nitrogens with two attached hydrogens (primary N) is 1. The van der Waals surface area contributed by atoms with Crippen molar-refractivity contribution in [3.05, 3.63) is 41.1 Å². The molecule has 7 heteroatoms. The fourth-order valence-corrected chi connectivity index (χ4v) is 3.71. The molecule has 148 valence electrons. The molecule has 2 aliphatic rings. The van der Waals surface area contributed by atoms with Crippen LogP contribution in [-0.2, 0) is 0 Å². The highest BCUT2D eigenvalue weighted by Crippen LogP contribution is 2.24. The van der Waals surface area contributed by atoms with E-state index < -0.39 is 0 Å². The Morgan fingerprint density at radius 2 is 1.71 bits per heavy atom. The summed E-state index contributed by atoms with van der Waals surface area (Å²) in [6, 6.07) is 5.95. The van der Waals surface area contributed by atoms with Gasteiger partial charge in [0, 0.05) is 17.6 Å². The number of aryl methyl sites for hydroxylation is 1. The molecule has 2 amide bonds. The van der Waals surface area contributed by atoms with Crippen molar-refractivity contribution in [3.8, 4) is 5.69 Å². The Labute approximate surface area is 164 Å². The SMILES string of the molecule is Cc1ccc(C(=O)NC2CC2)cc1-n1ncc(C(=O)NC2CCCCC2)c1N. The molecule has 1 heterocycles. The van der Waals surface area contributed by atoms with E-state index in [1.54, 1.807) is 16.8 Å². The van der Waals surface area contributed by atoms with E-state index in [-0.39, 0.29) is 23.7 Å². The largest absolute Gasteiger partial charge is 0.383 e. The highest BCUT2D eigenvalue weighted by atomic mass is 16.2. The van der Waals surface area contributed by atoms with Gasteiger partial charge in [0.15, 0.2) is 0 Å². The molecule has 4 rings (SSSR count). The summed E-state index contributed by atoms with van der Waals surface area (Å²) in [6.07, 6.45) is 9.13. The first-order valence-electron chi connectivity index (χ1n) is 10.1. The highest BCUT2D eigenvalue weighted by Gasteiger charge is 2.25. The lowest BCUT2D eigenvalue weighted by atomic mass is 9.95. The van der Waals surface area contributed by atoms with E-state index in [2.05, 4.69) is 15.7 Å². The van der Waals surface area contributed by atoms with Crippen LogP contribution in [0.25, 0.3) is 5.69 Å². The van der Waals surface area contributed by atoms with Crippen LogP contribution in [0.15, 0.2) is 24.4 Å². The molecule has 0 radical (unpaired) electrons. The number of nitrogens with zero attached hydrogens (tertiary/aromatic N) is 2. The van der Waals surface area contributed by atoms with Gasteiger partial charge in [0.1, 0.15) is 11.4 Å². The summed E-state index contributed by atoms with van der Waals surface area (Å²) in [5, 5.41) is 10.4. The third-order valence-electron chi connectivity index (χ3n) is 5.60. The molecule has 1 aromatic heterocycles. The van der Waals surface area contributed by atoms with Gasteiger partial charge in [0.2, 0.25) is 0 Å². The molecule has 0 aliphatic heterocycles. The molecule has 1 aromatic carbocycles. The number of rotatable bonds is 5. The van der Waals surface area contributed by atoms with Crippen molar-refractivity contribution in [2.24, 2.45) is 0 Å². The van der Waals surface area contributed by atoms with Crippen LogP contribution in [0, 0.1) is 6.92 Å². The maximum absolute atomic E-state index is 12.7. The number of anilines is 1. The highest BCUT2D eigenvalue weighted by molar-refractivity contribution is 5.99. The average molecular weight is 381 g/mol. The smallest absolute Gasteiger partial charge is 0.256 e. The summed E-state index contributed by atoms with van der Waals surface area (Å²) in [4.78, 5) is 25.0. The van der Waals surface area contributed by atoms with E-state index in [4.69, 9.17) is 5.73 Å². The molecular formula is C21H27N5O2. The Hall–Kier alpha value is -2.83. The minimum absolute atomic E-state index is 0.0928. The van der Waals surface area contributed by atoms with Gasteiger partial charge in [0.05, 0.1) is 11.9 Å². The fourth-order valence-electron chi connectivity index (χ4n) is 3.71. The Morgan fingerprint density at radius 1 is 1.04 bits per heavy atom. The zero-order valence-corrected chi connectivity index (χ0v) is 16.2. The summed E-state index contributed by atoms with van der Waals surface area (Å²) in [5.41, 5.74) is 8.84. The van der Waals surface area contributed by atoms with E-state index in [1.807, 2.05) is 13.0 Å². The Kier molecular flexibility index (Phi) is 5.07. The van der Waals surface area contributed by atoms with Crippen molar-refractivity contribution >= 4 is 17.6 Å². The maximum Gasteiger partial charge on any atom is 0.256 e. The molecule has 0 spiro atoms. The summed E-state index contributed by atoms with van der Waals surface area (Å²) < 4.78 is 1.54. The predicted octanol–water partition coefficient (Wildman–Crippen LogP) is 2.72. The van der Waals surface area contributed by atoms with Gasteiger partial charge in [-0.05, 0) is 50.3 Å². The van der Waals surface area contributed by atoms with Crippen LogP contribution in [0.1, 0.15) is 71.2 Å². The second kappa shape index (κ2) is 7.66. The quantitative estimate of drug-likeness (QED) is 0.741. The van der Waals surface area contributed by atoms with E-state index in [1.165, 1.54) is 12.6 Å². The first-order valence-corrected chi connectivity index (χ1v) is 10.1. The number of aromatic nitrogens is 2. The normalized spacial score (nSPS) is 17.3. The van der Waals surface area contributed by atoms with Crippen molar-refractivity contribution in [3.63, 3.8) is 0 Å². The number of hydrogen-bond acceptors (Lipinski definition) is 4. The molecule has 0 unspecified atom stereocenters. The summed E-state index contributed by atoms with van der Waals surface area (Å²) in [5.74, 6) is 0.0110. The maximum atomic E-state index is 12.7. The van der Waals surface area contributed by atoms with E-state index in [9.17, 15) is 9.59 Å². The fraction of sp³-hybridized carbons (Fsp3) is 0.476. The number of carbonyl (C=O) groups is 2. The molecule has 0 saturated heterocycles. The van der Waals surface area contributed by atoms with Crippen molar-refractivity contribution in [1.82, 2.24) is 20.4 Å². The van der Waals surface area contributed by atoms with Crippen LogP contribution in [0.5, 0.6) is 0 Å². The molecule has 0 atom stereocenters. The Morgan fingerprint density at radius 3 is 2.43 bits per heavy atom. The van der Waals surface area contributed by atoms with Crippen molar-refractivity contribution in [2.75, 3.05) is 5.73 Å². The summed E-state index contributed by atoms with van der Waals surface area (Å²) in [7, 11) is 0. The number of benzene rings is 1. The van der Waals surface area contributed by atoms with Crippen LogP contribution in [0.3, 0.4) is 0 Å². The molecule has 2 saturated carbocycles. The van der Waals surface area contributed by atoms with Gasteiger partial charge in [-0.25, -0.2) is 4.68 Å². The van der Waals surface area contributed by atoms with Gasteiger partial charge in [-0.2, -0.15) is 5.10 Å². The second-order valence-electron chi connectivity index (χ2n) is 7.91. The monoisotopic (exact) mass is 381 g/mol. The first-order chi connectivity index (χ1) is 13.5. The summed E-state index contributed by atoms with van der Waals surface area (Å²) in [6.45, 7) is 1.93. The van der Waals surface area contributed by atoms with Gasteiger partial charge in [0.25, 0.3) is 11.8 Å². The Bertz CT molecular complexity index is 894. The summed E-state index contributed by atoms with van der Waals surface area (Å²) >= 11 is 0. The van der Waals surface area contributed by atoms with Gasteiger partial charge in [-0.1, -0.05) is 25.3 Å². The topological polar surface area (TPSA) is 102 Å². The van der Waals surface area contributed by atoms with E-state index in [0.29, 0.717) is 22.9 Å². The van der Waals surface area contributed by atoms with Crippen LogP contribution in [-0.4, -0.2) is 33.7 Å². The number of hydrogen-bond donors (Lipinski definition) is 3. The minimum atomic E-state index is -0.184. The zero-order chi connectivity index (χ0) is 19.7. The van der Waals surface area contributed by atoms with Crippen LogP contribution in [0.4, 0.5) is 5.82 Å². The molecule has 2 aliphatic carbocycles. The molecule has 2 fully saturated rings. The van der Waals surface area contributed by atoms with E-state index >= 15 is 0 Å². The predicted molar refractivity (Wildman–Crippen MR) is 108 cm³/mol. The molecular weight excluding hydrogens is 354 g/mol.